The minimum atomic E-state index is -3.31. The van der Waals surface area contributed by atoms with Crippen LogP contribution in [-0.4, -0.2) is 26.8 Å². The van der Waals surface area contributed by atoms with Crippen LogP contribution >= 0.6 is 15.9 Å². The Morgan fingerprint density at radius 3 is 2.25 bits per heavy atom. The average Bonchev–Trinajstić information content (AvgIpc) is 2.59. The van der Waals surface area contributed by atoms with Crippen LogP contribution in [-0.2, 0) is 15.4 Å². The second-order valence-corrected chi connectivity index (χ2v) is 10.4. The predicted octanol–water partition coefficient (Wildman–Crippen LogP) is 5.34. The summed E-state index contributed by atoms with van der Waals surface area (Å²) < 4.78 is 31.7. The first kappa shape index (κ1) is 20.6. The lowest BCUT2D eigenvalue weighted by Gasteiger charge is -2.20. The number of methoxy groups -OCH3 is 1. The molecule has 0 saturated carbocycles. The van der Waals surface area contributed by atoms with E-state index < -0.39 is 10.0 Å². The molecule has 2 aromatic carbocycles. The van der Waals surface area contributed by atoms with Gasteiger partial charge in [0.25, 0.3) is 0 Å². The number of hydrogen-bond acceptors (Lipinski definition) is 4. The maximum atomic E-state index is 11.4. The molecule has 1 N–H and O–H groups in total. The summed E-state index contributed by atoms with van der Waals surface area (Å²) in [6, 6.07) is 13.4. The maximum absolute atomic E-state index is 11.4. The Labute approximate surface area is 174 Å². The highest BCUT2D eigenvalue weighted by Gasteiger charge is 2.18. The van der Waals surface area contributed by atoms with E-state index in [1.807, 2.05) is 12.1 Å². The fourth-order valence-corrected chi connectivity index (χ4v) is 4.08. The monoisotopic (exact) mass is 462 g/mol. The van der Waals surface area contributed by atoms with Crippen molar-refractivity contribution in [3.63, 3.8) is 0 Å². The van der Waals surface area contributed by atoms with Gasteiger partial charge in [0.15, 0.2) is 0 Å². The molecule has 0 saturated heterocycles. The van der Waals surface area contributed by atoms with E-state index in [9.17, 15) is 8.42 Å². The summed E-state index contributed by atoms with van der Waals surface area (Å²) in [7, 11) is -1.72. The molecule has 0 amide bonds. The Bertz CT molecular complexity index is 1140. The van der Waals surface area contributed by atoms with E-state index in [0.717, 1.165) is 32.8 Å². The lowest BCUT2D eigenvalue weighted by Crippen LogP contribution is -2.11. The SMILES string of the molecule is COc1nc2c(Br)cc(C(C)(C)C)cc2cc1-c1ccc(NS(C)(=O)=O)cc1. The molecule has 1 aromatic heterocycles. The summed E-state index contributed by atoms with van der Waals surface area (Å²) in [5.41, 5.74) is 4.30. The van der Waals surface area contributed by atoms with Gasteiger partial charge in [-0.3, -0.25) is 4.72 Å². The van der Waals surface area contributed by atoms with Gasteiger partial charge in [0.2, 0.25) is 15.9 Å². The molecule has 28 heavy (non-hydrogen) atoms. The number of rotatable bonds is 4. The molecule has 0 aliphatic heterocycles. The van der Waals surface area contributed by atoms with Crippen molar-refractivity contribution in [2.24, 2.45) is 0 Å². The number of benzene rings is 2. The van der Waals surface area contributed by atoms with Crippen molar-refractivity contribution in [3.05, 3.63) is 52.5 Å². The van der Waals surface area contributed by atoms with Crippen molar-refractivity contribution in [2.45, 2.75) is 26.2 Å². The summed E-state index contributed by atoms with van der Waals surface area (Å²) in [6.45, 7) is 6.52. The van der Waals surface area contributed by atoms with E-state index in [2.05, 4.69) is 59.6 Å². The molecular formula is C21H23BrN2O3S. The molecule has 7 heteroatoms. The number of fused-ring (bicyclic) bond motifs is 1. The molecule has 0 radical (unpaired) electrons. The summed E-state index contributed by atoms with van der Waals surface area (Å²) in [4.78, 5) is 4.69. The zero-order valence-corrected chi connectivity index (χ0v) is 18.9. The topological polar surface area (TPSA) is 68.3 Å². The Balaban J connectivity index is 2.14. The van der Waals surface area contributed by atoms with Gasteiger partial charge in [0, 0.05) is 21.1 Å². The van der Waals surface area contributed by atoms with E-state index in [1.54, 1.807) is 19.2 Å². The standard InChI is InChI=1S/C21H23BrN2O3S/c1-21(2,3)15-10-14-11-17(20(27-4)23-19(14)18(22)12-15)13-6-8-16(9-7-13)24-28(5,25)26/h6-12,24H,1-5H3. The minimum absolute atomic E-state index is 0.00969. The van der Waals surface area contributed by atoms with Gasteiger partial charge in [-0.05, 0) is 62.8 Å². The van der Waals surface area contributed by atoms with Crippen molar-refractivity contribution in [3.8, 4) is 17.0 Å². The lowest BCUT2D eigenvalue weighted by atomic mass is 9.86. The molecule has 3 aromatic rings. The third-order valence-electron chi connectivity index (χ3n) is 4.40. The summed E-state index contributed by atoms with van der Waals surface area (Å²) >= 11 is 3.64. The van der Waals surface area contributed by atoms with Crippen LogP contribution in [0.15, 0.2) is 46.9 Å². The van der Waals surface area contributed by atoms with Crippen LogP contribution in [0.2, 0.25) is 0 Å². The number of halogens is 1. The Hall–Kier alpha value is -2.12. The highest BCUT2D eigenvalue weighted by atomic mass is 79.9. The first-order valence-electron chi connectivity index (χ1n) is 8.75. The van der Waals surface area contributed by atoms with E-state index in [4.69, 9.17) is 9.72 Å². The van der Waals surface area contributed by atoms with Gasteiger partial charge in [0.05, 0.1) is 18.9 Å². The maximum Gasteiger partial charge on any atom is 0.229 e. The Morgan fingerprint density at radius 2 is 1.71 bits per heavy atom. The van der Waals surface area contributed by atoms with Gasteiger partial charge in [-0.1, -0.05) is 32.9 Å². The summed E-state index contributed by atoms with van der Waals surface area (Å²) in [6.07, 6.45) is 1.13. The van der Waals surface area contributed by atoms with Crippen LogP contribution in [0, 0.1) is 0 Å². The highest BCUT2D eigenvalue weighted by molar-refractivity contribution is 9.10. The average molecular weight is 463 g/mol. The molecule has 0 bridgehead atoms. The zero-order valence-electron chi connectivity index (χ0n) is 16.5. The van der Waals surface area contributed by atoms with Crippen LogP contribution in [0.1, 0.15) is 26.3 Å². The largest absolute Gasteiger partial charge is 0.481 e. The van der Waals surface area contributed by atoms with Crippen molar-refractivity contribution < 1.29 is 13.2 Å². The summed E-state index contributed by atoms with van der Waals surface area (Å²) in [5.74, 6) is 0.514. The fraction of sp³-hybridized carbons (Fsp3) is 0.286. The van der Waals surface area contributed by atoms with Gasteiger partial charge in [0.1, 0.15) is 0 Å². The number of anilines is 1. The number of hydrogen-bond donors (Lipinski definition) is 1. The molecule has 3 rings (SSSR count). The fourth-order valence-electron chi connectivity index (χ4n) is 2.95. The molecule has 148 valence electrons. The molecule has 5 nitrogen and oxygen atoms in total. The van der Waals surface area contributed by atoms with Crippen molar-refractivity contribution in [1.82, 2.24) is 4.98 Å². The number of aromatic nitrogens is 1. The summed E-state index contributed by atoms with van der Waals surface area (Å²) in [5, 5.41) is 1.01. The van der Waals surface area contributed by atoms with Gasteiger partial charge >= 0.3 is 0 Å². The number of sulfonamides is 1. The molecule has 0 fully saturated rings. The smallest absolute Gasteiger partial charge is 0.229 e. The second kappa shape index (κ2) is 7.37. The van der Waals surface area contributed by atoms with Crippen LogP contribution < -0.4 is 9.46 Å². The van der Waals surface area contributed by atoms with Crippen LogP contribution in [0.5, 0.6) is 5.88 Å². The van der Waals surface area contributed by atoms with Crippen LogP contribution in [0.4, 0.5) is 5.69 Å². The predicted molar refractivity (Wildman–Crippen MR) is 119 cm³/mol. The number of ether oxygens (including phenoxy) is 1. The number of pyridine rings is 1. The van der Waals surface area contributed by atoms with Crippen molar-refractivity contribution in [2.75, 3.05) is 18.1 Å². The van der Waals surface area contributed by atoms with E-state index in [0.29, 0.717) is 11.6 Å². The Kier molecular flexibility index (Phi) is 5.42. The van der Waals surface area contributed by atoms with Crippen LogP contribution in [0.3, 0.4) is 0 Å². The highest BCUT2D eigenvalue weighted by Crippen LogP contribution is 2.37. The van der Waals surface area contributed by atoms with Gasteiger partial charge in [-0.2, -0.15) is 0 Å². The minimum Gasteiger partial charge on any atom is -0.481 e. The Morgan fingerprint density at radius 1 is 1.07 bits per heavy atom. The van der Waals surface area contributed by atoms with Crippen molar-refractivity contribution >= 4 is 42.5 Å². The normalized spacial score (nSPS) is 12.2. The van der Waals surface area contributed by atoms with E-state index in [-0.39, 0.29) is 5.41 Å². The number of nitrogens with zero attached hydrogens (tertiary/aromatic N) is 1. The van der Waals surface area contributed by atoms with Gasteiger partial charge < -0.3 is 4.74 Å². The lowest BCUT2D eigenvalue weighted by molar-refractivity contribution is 0.401. The quantitative estimate of drug-likeness (QED) is 0.567. The van der Waals surface area contributed by atoms with Gasteiger partial charge in [-0.25, -0.2) is 13.4 Å². The second-order valence-electron chi connectivity index (χ2n) is 7.78. The molecule has 0 atom stereocenters. The molecule has 0 spiro atoms. The van der Waals surface area contributed by atoms with Crippen LogP contribution in [0.25, 0.3) is 22.0 Å². The first-order valence-corrected chi connectivity index (χ1v) is 11.4. The van der Waals surface area contributed by atoms with E-state index >= 15 is 0 Å². The first-order chi connectivity index (χ1) is 13.0. The molecular weight excluding hydrogens is 440 g/mol. The van der Waals surface area contributed by atoms with Gasteiger partial charge in [-0.15, -0.1) is 0 Å². The third-order valence-corrected chi connectivity index (χ3v) is 5.61. The zero-order chi connectivity index (χ0) is 20.7. The number of nitrogens with one attached hydrogen (secondary N) is 1. The molecule has 0 aliphatic carbocycles. The van der Waals surface area contributed by atoms with Crippen molar-refractivity contribution in [1.29, 1.82) is 0 Å². The molecule has 1 heterocycles. The molecule has 0 unspecified atom stereocenters. The van der Waals surface area contributed by atoms with E-state index in [1.165, 1.54) is 5.56 Å². The third kappa shape index (κ3) is 4.47. The molecule has 0 aliphatic rings.